The standard InChI is InChI=1S/C9H6I2NO/c10-12-6-2-4-7-3-1-5-8(13-11)9(7)12/h1-6H/q+1. The third-order valence-electron chi connectivity index (χ3n) is 1.82. The van der Waals surface area contributed by atoms with E-state index in [1.54, 1.807) is 0 Å². The minimum atomic E-state index is 0.896. The first-order valence-corrected chi connectivity index (χ1v) is 5.55. The molecule has 0 aliphatic carbocycles. The van der Waals surface area contributed by atoms with Gasteiger partial charge < -0.3 is 3.07 Å². The van der Waals surface area contributed by atoms with Crippen molar-refractivity contribution in [2.24, 2.45) is 0 Å². The van der Waals surface area contributed by atoms with Crippen LogP contribution in [-0.2, 0) is 0 Å². The lowest BCUT2D eigenvalue weighted by Gasteiger charge is -1.98. The predicted molar refractivity (Wildman–Crippen MR) is 68.2 cm³/mol. The van der Waals surface area contributed by atoms with Gasteiger partial charge in [0, 0.05) is 6.07 Å². The molecule has 0 aliphatic heterocycles. The molecule has 0 radical (unpaired) electrons. The molecule has 0 aliphatic rings. The van der Waals surface area contributed by atoms with E-state index in [-0.39, 0.29) is 0 Å². The van der Waals surface area contributed by atoms with Crippen molar-refractivity contribution in [2.75, 3.05) is 0 Å². The second kappa shape index (κ2) is 3.95. The topological polar surface area (TPSA) is 13.1 Å². The number of benzene rings is 1. The van der Waals surface area contributed by atoms with Gasteiger partial charge in [0.1, 0.15) is 0 Å². The number of aromatic nitrogens is 1. The molecule has 0 bridgehead atoms. The summed E-state index contributed by atoms with van der Waals surface area (Å²) >= 11 is 4.14. The molecule has 1 aromatic heterocycles. The maximum atomic E-state index is 5.25. The monoisotopic (exact) mass is 398 g/mol. The van der Waals surface area contributed by atoms with Gasteiger partial charge in [0.25, 0.3) is 5.52 Å². The number of pyridine rings is 1. The largest absolute Gasteiger partial charge is 0.420 e. The molecule has 0 saturated carbocycles. The zero-order valence-corrected chi connectivity index (χ0v) is 10.9. The molecule has 0 unspecified atom stereocenters. The van der Waals surface area contributed by atoms with Crippen LogP contribution in [0.1, 0.15) is 0 Å². The molecular weight excluding hydrogens is 392 g/mol. The van der Waals surface area contributed by atoms with E-state index < -0.39 is 0 Å². The Kier molecular flexibility index (Phi) is 2.87. The maximum Gasteiger partial charge on any atom is 0.354 e. The SMILES string of the molecule is IOc1cccc2ccc[n+](I)c12. The van der Waals surface area contributed by atoms with Crippen molar-refractivity contribution in [1.29, 1.82) is 0 Å². The molecule has 4 heteroatoms. The van der Waals surface area contributed by atoms with Crippen LogP contribution in [0.4, 0.5) is 0 Å². The second-order valence-electron chi connectivity index (χ2n) is 2.59. The summed E-state index contributed by atoms with van der Waals surface area (Å²) in [4.78, 5) is 0. The van der Waals surface area contributed by atoms with E-state index in [2.05, 4.69) is 35.0 Å². The Morgan fingerprint density at radius 3 is 2.69 bits per heavy atom. The fraction of sp³-hybridized carbons (Fsp3) is 0. The van der Waals surface area contributed by atoms with Crippen molar-refractivity contribution < 1.29 is 5.85 Å². The molecule has 2 aromatic rings. The summed E-state index contributed by atoms with van der Waals surface area (Å²) in [5.41, 5.74) is 1.11. The quantitative estimate of drug-likeness (QED) is 0.674. The van der Waals surface area contributed by atoms with E-state index >= 15 is 0 Å². The zero-order chi connectivity index (χ0) is 9.26. The first-order chi connectivity index (χ1) is 6.33. The summed E-state index contributed by atoms with van der Waals surface area (Å²) in [6, 6.07) is 10.1. The van der Waals surface area contributed by atoms with E-state index in [9.17, 15) is 0 Å². The Balaban J connectivity index is 2.87. The zero-order valence-electron chi connectivity index (χ0n) is 6.58. The van der Waals surface area contributed by atoms with Crippen LogP contribution in [0.5, 0.6) is 5.75 Å². The molecular formula is C9H6I2NO+. The summed E-state index contributed by atoms with van der Waals surface area (Å²) in [6.07, 6.45) is 2.00. The highest BCUT2D eigenvalue weighted by Gasteiger charge is 2.11. The molecule has 0 saturated heterocycles. The highest BCUT2D eigenvalue weighted by Crippen LogP contribution is 2.23. The maximum absolute atomic E-state index is 5.25. The van der Waals surface area contributed by atoms with Crippen LogP contribution in [0.15, 0.2) is 36.5 Å². The van der Waals surface area contributed by atoms with Gasteiger partial charge in [0.15, 0.2) is 29.2 Å². The van der Waals surface area contributed by atoms with Gasteiger partial charge in [-0.15, -0.1) is 2.78 Å². The number of rotatable bonds is 1. The minimum Gasteiger partial charge on any atom is -0.420 e. The normalized spacial score (nSPS) is 10.3. The Hall–Kier alpha value is -0.110. The Labute approximate surface area is 104 Å². The highest BCUT2D eigenvalue weighted by atomic mass is 127. The molecule has 1 aromatic carbocycles. The van der Waals surface area contributed by atoms with Crippen LogP contribution in [0, 0.1) is 0 Å². The van der Waals surface area contributed by atoms with Crippen LogP contribution in [-0.4, -0.2) is 0 Å². The van der Waals surface area contributed by atoms with Gasteiger partial charge >= 0.3 is 22.9 Å². The highest BCUT2D eigenvalue weighted by molar-refractivity contribution is 14.1. The van der Waals surface area contributed by atoms with Crippen molar-refractivity contribution in [2.45, 2.75) is 0 Å². The fourth-order valence-electron chi connectivity index (χ4n) is 1.26. The van der Waals surface area contributed by atoms with Gasteiger partial charge in [-0.3, -0.25) is 0 Å². The predicted octanol–water partition coefficient (Wildman–Crippen LogP) is 3.05. The van der Waals surface area contributed by atoms with E-state index in [0.717, 1.165) is 11.3 Å². The average molecular weight is 398 g/mol. The van der Waals surface area contributed by atoms with E-state index in [0.29, 0.717) is 0 Å². The lowest BCUT2D eigenvalue weighted by atomic mass is 10.2. The summed E-state index contributed by atoms with van der Waals surface area (Å²) in [6.45, 7) is 0. The van der Waals surface area contributed by atoms with Crippen LogP contribution in [0.3, 0.4) is 0 Å². The lowest BCUT2D eigenvalue weighted by Crippen LogP contribution is -2.19. The summed E-state index contributed by atoms with van der Waals surface area (Å²) in [5, 5.41) is 1.19. The third-order valence-corrected chi connectivity index (χ3v) is 3.10. The van der Waals surface area contributed by atoms with Crippen LogP contribution >= 0.6 is 45.9 Å². The number of hydrogen-bond acceptors (Lipinski definition) is 1. The van der Waals surface area contributed by atoms with Crippen molar-refractivity contribution >= 4 is 56.8 Å². The summed E-state index contributed by atoms with van der Waals surface area (Å²) in [7, 11) is 0. The number of para-hydroxylation sites is 1. The number of nitrogens with zero attached hydrogens (tertiary/aromatic N) is 1. The van der Waals surface area contributed by atoms with Crippen molar-refractivity contribution in [3.05, 3.63) is 36.5 Å². The van der Waals surface area contributed by atoms with Crippen LogP contribution < -0.4 is 5.85 Å². The third kappa shape index (κ3) is 1.74. The Morgan fingerprint density at radius 2 is 1.92 bits per heavy atom. The number of hydrogen-bond donors (Lipinski definition) is 0. The van der Waals surface area contributed by atoms with Crippen molar-refractivity contribution in [3.63, 3.8) is 0 Å². The molecule has 2 nitrogen and oxygen atoms in total. The van der Waals surface area contributed by atoms with E-state index in [1.165, 1.54) is 5.39 Å². The molecule has 1 heterocycles. The van der Waals surface area contributed by atoms with Gasteiger partial charge in [0.05, 0.1) is 5.39 Å². The second-order valence-corrected chi connectivity index (χ2v) is 4.07. The van der Waals surface area contributed by atoms with Crippen molar-refractivity contribution in [3.8, 4) is 5.75 Å². The van der Waals surface area contributed by atoms with Gasteiger partial charge in [0.2, 0.25) is 5.75 Å². The van der Waals surface area contributed by atoms with Gasteiger partial charge in [-0.05, 0) is 18.2 Å². The molecule has 66 valence electrons. The van der Waals surface area contributed by atoms with E-state index in [1.807, 2.05) is 50.2 Å². The van der Waals surface area contributed by atoms with Gasteiger partial charge in [-0.25, -0.2) is 0 Å². The Morgan fingerprint density at radius 1 is 1.15 bits per heavy atom. The molecule has 0 spiro atoms. The molecule has 0 fully saturated rings. The number of fused-ring (bicyclic) bond motifs is 1. The molecule has 13 heavy (non-hydrogen) atoms. The van der Waals surface area contributed by atoms with Gasteiger partial charge in [-0.2, -0.15) is 0 Å². The Bertz CT molecular complexity index is 439. The first-order valence-electron chi connectivity index (χ1n) is 3.71. The van der Waals surface area contributed by atoms with Gasteiger partial charge in [-0.1, -0.05) is 6.07 Å². The van der Waals surface area contributed by atoms with Crippen LogP contribution in [0.2, 0.25) is 0 Å². The number of halogens is 2. The molecule has 0 amide bonds. The summed E-state index contributed by atoms with van der Waals surface area (Å²) < 4.78 is 7.28. The molecule has 0 N–H and O–H groups in total. The average Bonchev–Trinajstić information content (AvgIpc) is 2.17. The summed E-state index contributed by atoms with van der Waals surface area (Å²) in [5.74, 6) is 0.896. The van der Waals surface area contributed by atoms with Crippen LogP contribution in [0.25, 0.3) is 10.9 Å². The minimum absolute atomic E-state index is 0.896. The molecule has 2 rings (SSSR count). The fourth-order valence-corrected chi connectivity index (χ4v) is 2.32. The molecule has 0 atom stereocenters. The first kappa shape index (κ1) is 9.45. The van der Waals surface area contributed by atoms with Crippen molar-refractivity contribution in [1.82, 2.24) is 0 Å². The lowest BCUT2D eigenvalue weighted by molar-refractivity contribution is -0.408. The van der Waals surface area contributed by atoms with E-state index in [4.69, 9.17) is 3.07 Å². The smallest absolute Gasteiger partial charge is 0.354 e.